The van der Waals surface area contributed by atoms with Gasteiger partial charge in [-0.2, -0.15) is 0 Å². The van der Waals surface area contributed by atoms with Crippen molar-refractivity contribution in [3.05, 3.63) is 52.0 Å². The Kier molecular flexibility index (Phi) is 6.97. The zero-order valence-corrected chi connectivity index (χ0v) is 20.9. The maximum absolute atomic E-state index is 12.8. The Morgan fingerprint density at radius 1 is 1.26 bits per heavy atom. The monoisotopic (exact) mass is 526 g/mol. The summed E-state index contributed by atoms with van der Waals surface area (Å²) in [5.74, 6) is 0.112. The van der Waals surface area contributed by atoms with E-state index in [1.165, 1.54) is 12.7 Å². The third kappa shape index (κ3) is 5.61. The first-order valence-electron chi connectivity index (χ1n) is 11.0. The van der Waals surface area contributed by atoms with E-state index in [4.69, 9.17) is 0 Å². The molecule has 1 aliphatic heterocycles. The Labute approximate surface area is 206 Å². The summed E-state index contributed by atoms with van der Waals surface area (Å²) in [6, 6.07) is 5.99. The van der Waals surface area contributed by atoms with E-state index in [2.05, 4.69) is 77.2 Å². The largest absolute Gasteiger partial charge is 0.453 e. The number of halogens is 1. The molecule has 0 spiro atoms. The average Bonchev–Trinajstić information content (AvgIpc) is 3.26. The van der Waals surface area contributed by atoms with Crippen LogP contribution in [0.4, 0.5) is 10.5 Å². The van der Waals surface area contributed by atoms with Gasteiger partial charge in [0.2, 0.25) is 5.96 Å². The van der Waals surface area contributed by atoms with Crippen LogP contribution in [0.15, 0.2) is 45.1 Å². The van der Waals surface area contributed by atoms with Crippen LogP contribution < -0.4 is 10.6 Å². The molecule has 0 radical (unpaired) electrons. The number of benzene rings is 1. The second-order valence-electron chi connectivity index (χ2n) is 9.10. The molecule has 34 heavy (non-hydrogen) atoms. The third-order valence-electron chi connectivity index (χ3n) is 6.01. The van der Waals surface area contributed by atoms with Crippen LogP contribution in [0, 0.1) is 5.41 Å². The Hall–Kier alpha value is -3.27. The van der Waals surface area contributed by atoms with Crippen molar-refractivity contribution in [3.63, 3.8) is 0 Å². The summed E-state index contributed by atoms with van der Waals surface area (Å²) in [6.45, 7) is 4.98. The number of aromatic amines is 1. The standard InChI is InChI=1S/C24H27BrN6O3/c1-24(2)8-6-14(7-9-24)17-10-15(16-11-27-22(28-12-16)31-23(33)34-3)4-5-18(17)29-21(32)20-26-13-19(25)30-20/h4-6,10-11,13,16H,7-9,12H2,1-3H3,(H,26,30)(H,29,32)(H,28,31,33). The van der Waals surface area contributed by atoms with Crippen LogP contribution in [0.5, 0.6) is 0 Å². The number of hydrogen-bond acceptors (Lipinski definition) is 6. The summed E-state index contributed by atoms with van der Waals surface area (Å²) in [5.41, 5.74) is 4.23. The molecule has 178 valence electrons. The molecule has 1 aromatic heterocycles. The van der Waals surface area contributed by atoms with E-state index >= 15 is 0 Å². The molecular formula is C24H27BrN6O3. The number of H-pyrrole nitrogens is 1. The highest BCUT2D eigenvalue weighted by atomic mass is 79.9. The topological polar surface area (TPSA) is 121 Å². The third-order valence-corrected chi connectivity index (χ3v) is 6.41. The minimum Gasteiger partial charge on any atom is -0.453 e. The molecule has 2 amide bonds. The summed E-state index contributed by atoms with van der Waals surface area (Å²) < 4.78 is 5.23. The lowest BCUT2D eigenvalue weighted by Gasteiger charge is -2.29. The summed E-state index contributed by atoms with van der Waals surface area (Å²) in [5, 5.41) is 5.49. The lowest BCUT2D eigenvalue weighted by atomic mass is 9.76. The molecule has 1 unspecified atom stereocenters. The van der Waals surface area contributed by atoms with Crippen molar-refractivity contribution in [3.8, 4) is 0 Å². The van der Waals surface area contributed by atoms with Crippen LogP contribution in [-0.4, -0.2) is 47.8 Å². The smallest absolute Gasteiger partial charge is 0.413 e. The number of rotatable bonds is 4. The number of amides is 2. The number of aliphatic imine (C=N–C) groups is 2. The maximum atomic E-state index is 12.8. The predicted octanol–water partition coefficient (Wildman–Crippen LogP) is 4.90. The number of methoxy groups -OCH3 is 1. The molecule has 10 heteroatoms. The molecule has 3 N–H and O–H groups in total. The van der Waals surface area contributed by atoms with Gasteiger partial charge in [0.15, 0.2) is 5.82 Å². The van der Waals surface area contributed by atoms with Crippen LogP contribution in [0.1, 0.15) is 60.8 Å². The molecule has 4 rings (SSSR count). The SMILES string of the molecule is COC(=O)NC1=NCC(c2ccc(NC(=O)c3ncc(Br)[nH]3)c(C3=CCC(C)(C)CC3)c2)C=N1. The van der Waals surface area contributed by atoms with Crippen molar-refractivity contribution in [2.75, 3.05) is 19.0 Å². The first-order chi connectivity index (χ1) is 16.2. The van der Waals surface area contributed by atoms with Gasteiger partial charge in [0.25, 0.3) is 5.91 Å². The van der Waals surface area contributed by atoms with Gasteiger partial charge in [0, 0.05) is 23.4 Å². The zero-order valence-electron chi connectivity index (χ0n) is 19.3. The number of carbonyl (C=O) groups excluding carboxylic acids is 2. The number of guanidine groups is 1. The molecule has 0 saturated heterocycles. The number of aromatic nitrogens is 2. The second-order valence-corrected chi connectivity index (χ2v) is 9.96. The van der Waals surface area contributed by atoms with Crippen molar-refractivity contribution in [1.29, 1.82) is 0 Å². The van der Waals surface area contributed by atoms with Crippen molar-refractivity contribution in [1.82, 2.24) is 15.3 Å². The zero-order chi connectivity index (χ0) is 24.3. The summed E-state index contributed by atoms with van der Waals surface area (Å²) >= 11 is 3.29. The minimum absolute atomic E-state index is 0.0478. The molecule has 0 fully saturated rings. The molecule has 0 saturated carbocycles. The maximum Gasteiger partial charge on any atom is 0.413 e. The number of allylic oxidation sites excluding steroid dienone is 2. The molecule has 2 heterocycles. The fraction of sp³-hybridized carbons (Fsp3) is 0.375. The fourth-order valence-electron chi connectivity index (χ4n) is 3.92. The number of imidazole rings is 1. The second kappa shape index (κ2) is 9.92. The van der Waals surface area contributed by atoms with Crippen molar-refractivity contribution < 1.29 is 14.3 Å². The van der Waals surface area contributed by atoms with E-state index in [1.807, 2.05) is 12.1 Å². The van der Waals surface area contributed by atoms with E-state index in [0.29, 0.717) is 11.1 Å². The molecule has 0 bridgehead atoms. The van der Waals surface area contributed by atoms with E-state index < -0.39 is 6.09 Å². The van der Waals surface area contributed by atoms with E-state index in [9.17, 15) is 9.59 Å². The predicted molar refractivity (Wildman–Crippen MR) is 135 cm³/mol. The Bertz CT molecular complexity index is 1200. The fourth-order valence-corrected chi connectivity index (χ4v) is 4.21. The molecule has 2 aromatic rings. The Balaban J connectivity index is 1.60. The average molecular weight is 527 g/mol. The Morgan fingerprint density at radius 3 is 2.71 bits per heavy atom. The summed E-state index contributed by atoms with van der Waals surface area (Å²) in [7, 11) is 1.29. The first kappa shape index (κ1) is 23.9. The summed E-state index contributed by atoms with van der Waals surface area (Å²) in [4.78, 5) is 39.8. The van der Waals surface area contributed by atoms with Crippen molar-refractivity contribution >= 4 is 51.4 Å². The quantitative estimate of drug-likeness (QED) is 0.524. The molecule has 2 aliphatic rings. The molecule has 1 atom stereocenters. The van der Waals surface area contributed by atoms with Crippen molar-refractivity contribution in [2.45, 2.75) is 39.0 Å². The number of carbonyl (C=O) groups is 2. The number of hydrogen-bond donors (Lipinski definition) is 3. The van der Waals surface area contributed by atoms with Gasteiger partial charge in [-0.15, -0.1) is 0 Å². The number of alkyl carbamates (subject to hydrolysis) is 1. The van der Waals surface area contributed by atoms with Gasteiger partial charge in [-0.1, -0.05) is 26.0 Å². The van der Waals surface area contributed by atoms with E-state index in [0.717, 1.165) is 36.1 Å². The number of nitrogens with one attached hydrogen (secondary N) is 3. The summed E-state index contributed by atoms with van der Waals surface area (Å²) in [6.07, 6.45) is 7.96. The number of ether oxygens (including phenoxy) is 1. The lowest BCUT2D eigenvalue weighted by molar-refractivity contribution is 0.101. The van der Waals surface area contributed by atoms with Gasteiger partial charge >= 0.3 is 6.09 Å². The minimum atomic E-state index is -0.604. The highest BCUT2D eigenvalue weighted by Gasteiger charge is 2.25. The number of anilines is 1. The highest BCUT2D eigenvalue weighted by molar-refractivity contribution is 9.10. The number of nitrogens with zero attached hydrogens (tertiary/aromatic N) is 3. The van der Waals surface area contributed by atoms with Gasteiger partial charge in [-0.3, -0.25) is 10.1 Å². The molecular weight excluding hydrogens is 500 g/mol. The molecule has 1 aliphatic carbocycles. The lowest BCUT2D eigenvalue weighted by Crippen LogP contribution is -2.31. The van der Waals surface area contributed by atoms with Crippen molar-refractivity contribution in [2.24, 2.45) is 15.4 Å². The highest BCUT2D eigenvalue weighted by Crippen LogP contribution is 2.40. The van der Waals surface area contributed by atoms with Gasteiger partial charge in [-0.05, 0) is 63.9 Å². The molecule has 1 aromatic carbocycles. The van der Waals surface area contributed by atoms with Gasteiger partial charge in [0.1, 0.15) is 4.60 Å². The first-order valence-corrected chi connectivity index (χ1v) is 11.8. The normalized spacial score (nSPS) is 19.1. The van der Waals surface area contributed by atoms with Gasteiger partial charge in [0.05, 0.1) is 19.9 Å². The van der Waals surface area contributed by atoms with E-state index in [-0.39, 0.29) is 29.0 Å². The van der Waals surface area contributed by atoms with Crippen LogP contribution in [0.2, 0.25) is 0 Å². The van der Waals surface area contributed by atoms with Gasteiger partial charge in [-0.25, -0.2) is 19.8 Å². The van der Waals surface area contributed by atoms with Crippen LogP contribution in [-0.2, 0) is 4.74 Å². The van der Waals surface area contributed by atoms with E-state index in [1.54, 1.807) is 12.4 Å². The molecule has 9 nitrogen and oxygen atoms in total. The van der Waals surface area contributed by atoms with Crippen LogP contribution >= 0.6 is 15.9 Å². The van der Waals surface area contributed by atoms with Crippen LogP contribution in [0.25, 0.3) is 5.57 Å². The van der Waals surface area contributed by atoms with Gasteiger partial charge < -0.3 is 15.0 Å². The Morgan fingerprint density at radius 2 is 2.09 bits per heavy atom. The van der Waals surface area contributed by atoms with Crippen LogP contribution in [0.3, 0.4) is 0 Å².